The molecule has 0 aliphatic heterocycles. The van der Waals surface area contributed by atoms with E-state index in [0.717, 1.165) is 46.9 Å². The van der Waals surface area contributed by atoms with E-state index in [1.165, 1.54) is 15.7 Å². The highest BCUT2D eigenvalue weighted by Gasteiger charge is 2.22. The van der Waals surface area contributed by atoms with E-state index in [4.69, 9.17) is 0 Å². The van der Waals surface area contributed by atoms with Crippen molar-refractivity contribution >= 4 is 32.9 Å². The molecule has 6 heteroatoms. The molecule has 0 aliphatic carbocycles. The summed E-state index contributed by atoms with van der Waals surface area (Å²) in [5.74, 6) is 0.912. The molecule has 2 aromatic rings. The molecule has 0 radical (unpaired) electrons. The Labute approximate surface area is 169 Å². The fourth-order valence-electron chi connectivity index (χ4n) is 2.40. The molecule has 0 spiro atoms. The van der Waals surface area contributed by atoms with E-state index >= 15 is 0 Å². The van der Waals surface area contributed by atoms with Crippen molar-refractivity contribution in [2.75, 3.05) is 5.75 Å². The molecule has 3 amide bonds. The predicted molar refractivity (Wildman–Crippen MR) is 116 cm³/mol. The van der Waals surface area contributed by atoms with Gasteiger partial charge in [0, 0.05) is 23.1 Å². The molecule has 2 rings (SSSR count). The van der Waals surface area contributed by atoms with Crippen LogP contribution < -0.4 is 5.32 Å². The van der Waals surface area contributed by atoms with Gasteiger partial charge < -0.3 is 5.32 Å². The first kappa shape index (κ1) is 21.4. The zero-order chi connectivity index (χ0) is 19.3. The average Bonchev–Trinajstić information content (AvgIpc) is 2.71. The number of unbranched alkanes of at least 4 members (excludes halogenated alkanes) is 2. The highest BCUT2D eigenvalue weighted by molar-refractivity contribution is 8.82. The van der Waals surface area contributed by atoms with Gasteiger partial charge >= 0.3 is 11.3 Å². The Balaban J connectivity index is 1.95. The van der Waals surface area contributed by atoms with E-state index < -0.39 is 0 Å². The standard InChI is InChI=1S/C21H26N2O2S2/c1-2-3-10-15-26-27-21(25)23(17-19-13-8-5-9-14-19)20(24)22-16-18-11-6-4-7-12-18/h4-9,11-14H,2-3,10,15-17H2,1H3,(H,22,24). The zero-order valence-electron chi connectivity index (χ0n) is 15.6. The van der Waals surface area contributed by atoms with Crippen LogP contribution in [0, 0.1) is 0 Å². The van der Waals surface area contributed by atoms with E-state index in [2.05, 4.69) is 12.2 Å². The van der Waals surface area contributed by atoms with Gasteiger partial charge in [0.25, 0.3) is 0 Å². The lowest BCUT2D eigenvalue weighted by atomic mass is 10.2. The number of amides is 3. The minimum atomic E-state index is -0.366. The Morgan fingerprint density at radius 3 is 2.19 bits per heavy atom. The Bertz CT molecular complexity index is 696. The smallest absolute Gasteiger partial charge is 0.325 e. The average molecular weight is 403 g/mol. The molecular formula is C21H26N2O2S2. The molecule has 0 saturated carbocycles. The molecule has 1 N–H and O–H groups in total. The van der Waals surface area contributed by atoms with Crippen LogP contribution in [0.15, 0.2) is 60.7 Å². The maximum atomic E-state index is 12.7. The maximum Gasteiger partial charge on any atom is 0.325 e. The van der Waals surface area contributed by atoms with Crippen LogP contribution in [-0.2, 0) is 13.1 Å². The first-order chi connectivity index (χ1) is 13.2. The molecule has 0 fully saturated rings. The van der Waals surface area contributed by atoms with Crippen molar-refractivity contribution in [1.82, 2.24) is 10.2 Å². The lowest BCUT2D eigenvalue weighted by Gasteiger charge is -2.21. The quantitative estimate of drug-likeness (QED) is 0.407. The Kier molecular flexibility index (Phi) is 9.87. The number of nitrogens with one attached hydrogen (secondary N) is 1. The Morgan fingerprint density at radius 2 is 1.56 bits per heavy atom. The van der Waals surface area contributed by atoms with Gasteiger partial charge in [-0.1, -0.05) is 91.2 Å². The van der Waals surface area contributed by atoms with E-state index in [1.807, 2.05) is 60.7 Å². The molecule has 27 heavy (non-hydrogen) atoms. The summed E-state index contributed by atoms with van der Waals surface area (Å²) in [6.07, 6.45) is 3.40. The van der Waals surface area contributed by atoms with Gasteiger partial charge in [0.2, 0.25) is 0 Å². The second-order valence-corrected chi connectivity index (χ2v) is 8.46. The molecule has 0 aliphatic rings. The van der Waals surface area contributed by atoms with Crippen molar-refractivity contribution in [2.45, 2.75) is 39.3 Å². The Morgan fingerprint density at radius 1 is 0.926 bits per heavy atom. The number of hydrogen-bond donors (Lipinski definition) is 1. The lowest BCUT2D eigenvalue weighted by Crippen LogP contribution is -2.41. The van der Waals surface area contributed by atoms with Crippen LogP contribution in [0.4, 0.5) is 9.59 Å². The van der Waals surface area contributed by atoms with Crippen LogP contribution in [0.1, 0.15) is 37.3 Å². The van der Waals surface area contributed by atoms with E-state index in [9.17, 15) is 9.59 Å². The molecule has 0 bridgehead atoms. The van der Waals surface area contributed by atoms with Crippen LogP contribution in [0.5, 0.6) is 0 Å². The number of urea groups is 1. The van der Waals surface area contributed by atoms with Crippen molar-refractivity contribution in [1.29, 1.82) is 0 Å². The summed E-state index contributed by atoms with van der Waals surface area (Å²) in [6.45, 7) is 2.82. The predicted octanol–water partition coefficient (Wildman–Crippen LogP) is 6.09. The first-order valence-corrected chi connectivity index (χ1v) is 11.5. The lowest BCUT2D eigenvalue weighted by molar-refractivity contribution is 0.197. The van der Waals surface area contributed by atoms with Gasteiger partial charge in [-0.2, -0.15) is 0 Å². The molecule has 2 aromatic carbocycles. The number of carbonyl (C=O) groups excluding carboxylic acids is 2. The third-order valence-electron chi connectivity index (χ3n) is 3.90. The largest absolute Gasteiger partial charge is 0.334 e. The van der Waals surface area contributed by atoms with Crippen LogP contribution in [0.25, 0.3) is 0 Å². The summed E-state index contributed by atoms with van der Waals surface area (Å²) in [7, 11) is 2.66. The fraction of sp³-hybridized carbons (Fsp3) is 0.333. The maximum absolute atomic E-state index is 12.7. The van der Waals surface area contributed by atoms with Crippen molar-refractivity contribution in [2.24, 2.45) is 0 Å². The van der Waals surface area contributed by atoms with Crippen molar-refractivity contribution in [3.63, 3.8) is 0 Å². The molecule has 4 nitrogen and oxygen atoms in total. The van der Waals surface area contributed by atoms with E-state index in [-0.39, 0.29) is 17.8 Å². The van der Waals surface area contributed by atoms with Gasteiger partial charge in [0.1, 0.15) is 0 Å². The summed E-state index contributed by atoms with van der Waals surface area (Å²) in [5, 5.41) is 2.62. The normalized spacial score (nSPS) is 10.4. The monoisotopic (exact) mass is 402 g/mol. The van der Waals surface area contributed by atoms with Gasteiger partial charge in [-0.25, -0.2) is 9.69 Å². The number of rotatable bonds is 9. The Hall–Kier alpha value is -1.92. The van der Waals surface area contributed by atoms with Gasteiger partial charge in [0.05, 0.1) is 6.54 Å². The molecular weight excluding hydrogens is 376 g/mol. The summed E-state index contributed by atoms with van der Waals surface area (Å²) in [6, 6.07) is 18.9. The van der Waals surface area contributed by atoms with Gasteiger partial charge in [-0.05, 0) is 17.5 Å². The number of benzene rings is 2. The number of hydrogen-bond acceptors (Lipinski definition) is 4. The topological polar surface area (TPSA) is 49.4 Å². The third kappa shape index (κ3) is 8.10. The molecule has 0 aromatic heterocycles. The van der Waals surface area contributed by atoms with E-state index in [0.29, 0.717) is 6.54 Å². The molecule has 0 heterocycles. The summed E-state index contributed by atoms with van der Waals surface area (Å²) in [5.41, 5.74) is 1.93. The summed E-state index contributed by atoms with van der Waals surface area (Å²) < 4.78 is 0. The number of carbonyl (C=O) groups is 2. The van der Waals surface area contributed by atoms with Gasteiger partial charge in [-0.15, -0.1) is 0 Å². The highest BCUT2D eigenvalue weighted by atomic mass is 33.1. The third-order valence-corrected chi connectivity index (χ3v) is 6.11. The molecule has 0 saturated heterocycles. The summed E-state index contributed by atoms with van der Waals surface area (Å²) in [4.78, 5) is 26.6. The fourth-order valence-corrected chi connectivity index (χ4v) is 4.32. The zero-order valence-corrected chi connectivity index (χ0v) is 17.2. The minimum Gasteiger partial charge on any atom is -0.334 e. The second kappa shape index (κ2) is 12.5. The van der Waals surface area contributed by atoms with Gasteiger partial charge in [0.15, 0.2) is 0 Å². The minimum absolute atomic E-state index is 0.231. The molecule has 144 valence electrons. The van der Waals surface area contributed by atoms with Crippen LogP contribution >= 0.6 is 21.6 Å². The number of imide groups is 1. The second-order valence-electron chi connectivity index (χ2n) is 6.09. The van der Waals surface area contributed by atoms with Crippen molar-refractivity contribution < 1.29 is 9.59 Å². The number of nitrogens with zero attached hydrogens (tertiary/aromatic N) is 1. The van der Waals surface area contributed by atoms with Gasteiger partial charge in [-0.3, -0.25) is 4.79 Å². The highest BCUT2D eigenvalue weighted by Crippen LogP contribution is 2.27. The molecule has 0 atom stereocenters. The SMILES string of the molecule is CCCCCSSC(=O)N(Cc1ccccc1)C(=O)NCc1ccccc1. The molecule has 0 unspecified atom stereocenters. The van der Waals surface area contributed by atoms with Crippen molar-refractivity contribution in [3.8, 4) is 0 Å². The van der Waals surface area contributed by atoms with Crippen LogP contribution in [0.3, 0.4) is 0 Å². The summed E-state index contributed by atoms with van der Waals surface area (Å²) >= 11 is 0. The first-order valence-electron chi connectivity index (χ1n) is 9.17. The van der Waals surface area contributed by atoms with Crippen LogP contribution in [0.2, 0.25) is 0 Å². The van der Waals surface area contributed by atoms with E-state index in [1.54, 1.807) is 0 Å². The van der Waals surface area contributed by atoms with Crippen molar-refractivity contribution in [3.05, 3.63) is 71.8 Å². The van der Waals surface area contributed by atoms with Crippen LogP contribution in [-0.4, -0.2) is 21.9 Å².